The second kappa shape index (κ2) is 5.19. The molecule has 3 nitrogen and oxygen atoms in total. The highest BCUT2D eigenvalue weighted by molar-refractivity contribution is 5.89. The van der Waals surface area contributed by atoms with Gasteiger partial charge >= 0.3 is 5.97 Å². The normalized spacial score (nSPS) is 19.0. The molecule has 0 amide bonds. The maximum absolute atomic E-state index is 11.5. The SMILES string of the molecule is CC(C)C1CCc2nc(C(C)(C)C)c(C(=O)O)cc2C1. The molecule has 1 N–H and O–H groups in total. The molecule has 20 heavy (non-hydrogen) atoms. The third-order valence-corrected chi connectivity index (χ3v) is 4.31. The van der Waals surface area contributed by atoms with Gasteiger partial charge in [0.15, 0.2) is 0 Å². The molecule has 1 aliphatic carbocycles. The van der Waals surface area contributed by atoms with Crippen LogP contribution in [-0.4, -0.2) is 16.1 Å². The fraction of sp³-hybridized carbons (Fsp3) is 0.647. The molecular formula is C17H25NO2. The van der Waals surface area contributed by atoms with Crippen LogP contribution in [0.2, 0.25) is 0 Å². The summed E-state index contributed by atoms with van der Waals surface area (Å²) in [5, 5.41) is 9.47. The van der Waals surface area contributed by atoms with Gasteiger partial charge in [-0.3, -0.25) is 4.98 Å². The number of carbonyl (C=O) groups is 1. The maximum atomic E-state index is 11.5. The predicted octanol–water partition coefficient (Wildman–Crippen LogP) is 3.84. The van der Waals surface area contributed by atoms with Crippen LogP contribution < -0.4 is 0 Å². The Morgan fingerprint density at radius 2 is 2.05 bits per heavy atom. The molecule has 0 aliphatic heterocycles. The Kier molecular flexibility index (Phi) is 3.90. The minimum atomic E-state index is -0.864. The number of carboxylic acid groups (broad SMARTS) is 1. The Hall–Kier alpha value is -1.38. The number of fused-ring (bicyclic) bond motifs is 1. The van der Waals surface area contributed by atoms with Crippen molar-refractivity contribution in [3.8, 4) is 0 Å². The van der Waals surface area contributed by atoms with Crippen molar-refractivity contribution in [3.63, 3.8) is 0 Å². The van der Waals surface area contributed by atoms with Crippen LogP contribution >= 0.6 is 0 Å². The smallest absolute Gasteiger partial charge is 0.337 e. The van der Waals surface area contributed by atoms with E-state index < -0.39 is 5.97 Å². The highest BCUT2D eigenvalue weighted by Gasteiger charge is 2.29. The fourth-order valence-electron chi connectivity index (χ4n) is 3.00. The van der Waals surface area contributed by atoms with E-state index in [2.05, 4.69) is 13.8 Å². The third-order valence-electron chi connectivity index (χ3n) is 4.31. The van der Waals surface area contributed by atoms with Gasteiger partial charge in [-0.25, -0.2) is 4.79 Å². The first kappa shape index (κ1) is 15.0. The summed E-state index contributed by atoms with van der Waals surface area (Å²) >= 11 is 0. The Balaban J connectivity index is 2.49. The minimum absolute atomic E-state index is 0.238. The average molecular weight is 275 g/mol. The maximum Gasteiger partial charge on any atom is 0.337 e. The van der Waals surface area contributed by atoms with Gasteiger partial charge in [0.05, 0.1) is 11.3 Å². The lowest BCUT2D eigenvalue weighted by molar-refractivity contribution is 0.0693. The van der Waals surface area contributed by atoms with E-state index in [-0.39, 0.29) is 5.41 Å². The van der Waals surface area contributed by atoms with Crippen LogP contribution in [0.25, 0.3) is 0 Å². The molecule has 0 bridgehead atoms. The van der Waals surface area contributed by atoms with Crippen LogP contribution in [-0.2, 0) is 18.3 Å². The number of aryl methyl sites for hydroxylation is 1. The molecule has 0 spiro atoms. The number of aromatic carboxylic acids is 1. The Bertz CT molecular complexity index is 527. The molecule has 0 radical (unpaired) electrons. The molecule has 0 saturated heterocycles. The number of nitrogens with zero attached hydrogens (tertiary/aromatic N) is 1. The standard InChI is InChI=1S/C17H25NO2/c1-10(2)11-6-7-14-12(8-11)9-13(16(19)20)15(18-14)17(3,4)5/h9-11H,6-8H2,1-5H3,(H,19,20). The van der Waals surface area contributed by atoms with Gasteiger partial charge in [0.2, 0.25) is 0 Å². The van der Waals surface area contributed by atoms with Crippen LogP contribution in [0.5, 0.6) is 0 Å². The van der Waals surface area contributed by atoms with Crippen molar-refractivity contribution in [1.82, 2.24) is 4.98 Å². The number of pyridine rings is 1. The average Bonchev–Trinajstić information content (AvgIpc) is 2.35. The third kappa shape index (κ3) is 2.87. The molecule has 1 unspecified atom stereocenters. The number of carboxylic acids is 1. The molecule has 1 atom stereocenters. The van der Waals surface area contributed by atoms with Crippen LogP contribution in [0.15, 0.2) is 6.07 Å². The van der Waals surface area contributed by atoms with Gasteiger partial charge in [0.25, 0.3) is 0 Å². The van der Waals surface area contributed by atoms with E-state index in [0.29, 0.717) is 23.1 Å². The van der Waals surface area contributed by atoms with Crippen molar-refractivity contribution in [2.45, 2.75) is 59.3 Å². The van der Waals surface area contributed by atoms with Crippen molar-refractivity contribution in [3.05, 3.63) is 28.6 Å². The number of aromatic nitrogens is 1. The summed E-state index contributed by atoms with van der Waals surface area (Å²) < 4.78 is 0. The van der Waals surface area contributed by atoms with Gasteiger partial charge in [-0.05, 0) is 42.7 Å². The van der Waals surface area contributed by atoms with E-state index in [0.717, 1.165) is 30.5 Å². The van der Waals surface area contributed by atoms with Crippen molar-refractivity contribution in [2.75, 3.05) is 0 Å². The predicted molar refractivity (Wildman–Crippen MR) is 80.2 cm³/mol. The van der Waals surface area contributed by atoms with Gasteiger partial charge in [0.1, 0.15) is 0 Å². The first-order valence-corrected chi connectivity index (χ1v) is 7.46. The Labute approximate surface area is 121 Å². The minimum Gasteiger partial charge on any atom is -0.478 e. The number of hydrogen-bond acceptors (Lipinski definition) is 2. The second-order valence-electron chi connectivity index (χ2n) is 7.29. The zero-order chi connectivity index (χ0) is 15.1. The zero-order valence-corrected chi connectivity index (χ0v) is 13.2. The van der Waals surface area contributed by atoms with Gasteiger partial charge < -0.3 is 5.11 Å². The fourth-order valence-corrected chi connectivity index (χ4v) is 3.00. The van der Waals surface area contributed by atoms with Gasteiger partial charge in [-0.2, -0.15) is 0 Å². The van der Waals surface area contributed by atoms with E-state index in [9.17, 15) is 9.90 Å². The van der Waals surface area contributed by atoms with E-state index in [1.54, 1.807) is 0 Å². The van der Waals surface area contributed by atoms with Crippen LogP contribution in [0.1, 0.15) is 68.3 Å². The van der Waals surface area contributed by atoms with Gasteiger partial charge in [-0.1, -0.05) is 34.6 Å². The summed E-state index contributed by atoms with van der Waals surface area (Å²) in [5.74, 6) is 0.419. The van der Waals surface area contributed by atoms with E-state index in [1.165, 1.54) is 0 Å². The van der Waals surface area contributed by atoms with E-state index in [1.807, 2.05) is 26.8 Å². The Morgan fingerprint density at radius 3 is 2.55 bits per heavy atom. The summed E-state index contributed by atoms with van der Waals surface area (Å²) in [4.78, 5) is 16.2. The first-order chi connectivity index (χ1) is 9.20. The summed E-state index contributed by atoms with van der Waals surface area (Å²) in [6.07, 6.45) is 3.10. The van der Waals surface area contributed by atoms with Crippen LogP contribution in [0.4, 0.5) is 0 Å². The molecular weight excluding hydrogens is 250 g/mol. The molecule has 110 valence electrons. The zero-order valence-electron chi connectivity index (χ0n) is 13.2. The summed E-state index contributed by atoms with van der Waals surface area (Å²) in [6.45, 7) is 10.5. The molecule has 0 saturated carbocycles. The second-order valence-corrected chi connectivity index (χ2v) is 7.29. The number of rotatable bonds is 2. The van der Waals surface area contributed by atoms with Crippen LogP contribution in [0, 0.1) is 11.8 Å². The van der Waals surface area contributed by atoms with Crippen molar-refractivity contribution in [2.24, 2.45) is 11.8 Å². The lowest BCUT2D eigenvalue weighted by Crippen LogP contribution is -2.25. The topological polar surface area (TPSA) is 50.2 Å². The highest BCUT2D eigenvalue weighted by Crippen LogP contribution is 2.33. The van der Waals surface area contributed by atoms with Gasteiger partial charge in [-0.15, -0.1) is 0 Å². The molecule has 0 aromatic carbocycles. The van der Waals surface area contributed by atoms with Crippen molar-refractivity contribution >= 4 is 5.97 Å². The van der Waals surface area contributed by atoms with Crippen molar-refractivity contribution in [1.29, 1.82) is 0 Å². The van der Waals surface area contributed by atoms with Crippen LogP contribution in [0.3, 0.4) is 0 Å². The summed E-state index contributed by atoms with van der Waals surface area (Å²) in [7, 11) is 0. The summed E-state index contributed by atoms with van der Waals surface area (Å²) in [5.41, 5.74) is 3.10. The van der Waals surface area contributed by atoms with Gasteiger partial charge in [0, 0.05) is 11.1 Å². The molecule has 1 aromatic heterocycles. The lowest BCUT2D eigenvalue weighted by Gasteiger charge is -2.29. The van der Waals surface area contributed by atoms with Crippen molar-refractivity contribution < 1.29 is 9.90 Å². The largest absolute Gasteiger partial charge is 0.478 e. The van der Waals surface area contributed by atoms with E-state index in [4.69, 9.17) is 4.98 Å². The molecule has 2 rings (SSSR count). The lowest BCUT2D eigenvalue weighted by atomic mass is 9.78. The van der Waals surface area contributed by atoms with E-state index >= 15 is 0 Å². The number of hydrogen-bond donors (Lipinski definition) is 1. The molecule has 0 fully saturated rings. The molecule has 1 aliphatic rings. The Morgan fingerprint density at radius 1 is 1.40 bits per heavy atom. The molecule has 3 heteroatoms. The molecule has 1 aromatic rings. The quantitative estimate of drug-likeness (QED) is 0.892. The summed E-state index contributed by atoms with van der Waals surface area (Å²) in [6, 6.07) is 1.87. The molecule has 1 heterocycles. The first-order valence-electron chi connectivity index (χ1n) is 7.46. The highest BCUT2D eigenvalue weighted by atomic mass is 16.4. The monoisotopic (exact) mass is 275 g/mol.